The van der Waals surface area contributed by atoms with Crippen LogP contribution in [-0.2, 0) is 10.0 Å². The van der Waals surface area contributed by atoms with Gasteiger partial charge in [0.15, 0.2) is 0 Å². The van der Waals surface area contributed by atoms with Crippen LogP contribution >= 0.6 is 0 Å². The number of carbonyl (C=O) groups excluding carboxylic acids is 1. The molecule has 0 spiro atoms. The zero-order valence-corrected chi connectivity index (χ0v) is 13.4. The molecule has 3 heterocycles. The van der Waals surface area contributed by atoms with Crippen LogP contribution in [0.3, 0.4) is 0 Å². The van der Waals surface area contributed by atoms with Gasteiger partial charge in [0.1, 0.15) is 5.56 Å². The molecular formula is C14H19N3O4S. The maximum atomic E-state index is 12.5. The van der Waals surface area contributed by atoms with Gasteiger partial charge in [0.25, 0.3) is 11.5 Å². The van der Waals surface area contributed by atoms with Gasteiger partial charge in [-0.15, -0.1) is 0 Å². The number of aryl methyl sites for hydroxylation is 1. The number of amides is 1. The fourth-order valence-corrected chi connectivity index (χ4v) is 4.42. The van der Waals surface area contributed by atoms with E-state index in [4.69, 9.17) is 0 Å². The molecule has 1 aromatic rings. The van der Waals surface area contributed by atoms with Crippen molar-refractivity contribution in [2.24, 2.45) is 5.92 Å². The first-order valence-electron chi connectivity index (χ1n) is 7.23. The molecule has 0 aromatic carbocycles. The third kappa shape index (κ3) is 2.56. The summed E-state index contributed by atoms with van der Waals surface area (Å²) in [5.74, 6) is -0.0184. The molecule has 2 aliphatic heterocycles. The minimum absolute atomic E-state index is 0.106. The third-order valence-corrected chi connectivity index (χ3v) is 5.78. The van der Waals surface area contributed by atoms with Gasteiger partial charge in [0, 0.05) is 31.4 Å². The predicted octanol–water partition coefficient (Wildman–Crippen LogP) is -0.211. The SMILES string of the molecule is Cc1ccc(C(=O)N2CC[C@@H]3CN(S(C)(=O)=O)[C@@H]3C2)c(=O)[nH]1. The summed E-state index contributed by atoms with van der Waals surface area (Å²) >= 11 is 0. The van der Waals surface area contributed by atoms with Gasteiger partial charge in [-0.2, -0.15) is 4.31 Å². The number of carbonyl (C=O) groups is 1. The van der Waals surface area contributed by atoms with Crippen LogP contribution in [0.2, 0.25) is 0 Å². The van der Waals surface area contributed by atoms with Crippen molar-refractivity contribution < 1.29 is 13.2 Å². The quantitative estimate of drug-likeness (QED) is 0.814. The van der Waals surface area contributed by atoms with Gasteiger partial charge in [0.05, 0.1) is 6.26 Å². The molecule has 0 unspecified atom stereocenters. The average molecular weight is 325 g/mol. The first kappa shape index (κ1) is 15.2. The van der Waals surface area contributed by atoms with Gasteiger partial charge in [-0.25, -0.2) is 8.42 Å². The minimum Gasteiger partial charge on any atom is -0.337 e. The number of hydrogen-bond donors (Lipinski definition) is 1. The van der Waals surface area contributed by atoms with Crippen LogP contribution in [0.5, 0.6) is 0 Å². The number of rotatable bonds is 2. The van der Waals surface area contributed by atoms with Crippen molar-refractivity contribution >= 4 is 15.9 Å². The molecule has 3 rings (SSSR count). The van der Waals surface area contributed by atoms with Gasteiger partial charge >= 0.3 is 0 Å². The van der Waals surface area contributed by atoms with Crippen LogP contribution in [0, 0.1) is 12.8 Å². The Bertz CT molecular complexity index is 771. The molecular weight excluding hydrogens is 306 g/mol. The van der Waals surface area contributed by atoms with Crippen molar-refractivity contribution in [3.8, 4) is 0 Å². The van der Waals surface area contributed by atoms with Crippen molar-refractivity contribution in [2.75, 3.05) is 25.9 Å². The van der Waals surface area contributed by atoms with Crippen molar-refractivity contribution in [1.29, 1.82) is 0 Å². The van der Waals surface area contributed by atoms with Crippen LogP contribution in [0.25, 0.3) is 0 Å². The summed E-state index contributed by atoms with van der Waals surface area (Å²) in [4.78, 5) is 28.6. The Morgan fingerprint density at radius 3 is 2.68 bits per heavy atom. The lowest BCUT2D eigenvalue weighted by atomic mass is 9.84. The molecule has 2 fully saturated rings. The van der Waals surface area contributed by atoms with E-state index >= 15 is 0 Å². The Labute approximate surface area is 129 Å². The summed E-state index contributed by atoms with van der Waals surface area (Å²) in [6.45, 7) is 3.20. The van der Waals surface area contributed by atoms with E-state index in [1.54, 1.807) is 17.9 Å². The molecule has 2 atom stereocenters. The largest absolute Gasteiger partial charge is 0.337 e. The standard InChI is InChI=1S/C14H19N3O4S/c1-9-3-4-11(13(18)15-9)14(19)16-6-5-10-7-17(12(10)8-16)22(2,20)21/h3-4,10,12H,5-8H2,1-2H3,(H,15,18)/t10-,12-/m1/s1. The second-order valence-electron chi connectivity index (χ2n) is 6.08. The van der Waals surface area contributed by atoms with E-state index in [1.807, 2.05) is 0 Å². The minimum atomic E-state index is -3.24. The molecule has 2 saturated heterocycles. The predicted molar refractivity (Wildman–Crippen MR) is 81.1 cm³/mol. The van der Waals surface area contributed by atoms with Crippen LogP contribution in [0.1, 0.15) is 22.5 Å². The Balaban J connectivity index is 1.79. The zero-order valence-electron chi connectivity index (χ0n) is 12.6. The van der Waals surface area contributed by atoms with E-state index in [-0.39, 0.29) is 17.5 Å². The summed E-state index contributed by atoms with van der Waals surface area (Å²) in [5.41, 5.74) is 0.400. The van der Waals surface area contributed by atoms with Crippen LogP contribution in [-0.4, -0.2) is 60.4 Å². The van der Waals surface area contributed by atoms with E-state index in [0.29, 0.717) is 31.2 Å². The van der Waals surface area contributed by atoms with Crippen LogP contribution in [0.15, 0.2) is 16.9 Å². The molecule has 1 aromatic heterocycles. The van der Waals surface area contributed by atoms with Gasteiger partial charge in [0.2, 0.25) is 10.0 Å². The molecule has 8 heteroatoms. The van der Waals surface area contributed by atoms with Crippen molar-refractivity contribution in [3.05, 3.63) is 33.7 Å². The lowest BCUT2D eigenvalue weighted by Crippen LogP contribution is -2.66. The van der Waals surface area contributed by atoms with E-state index < -0.39 is 15.6 Å². The molecule has 2 aliphatic rings. The summed E-state index contributed by atoms with van der Waals surface area (Å²) < 4.78 is 24.8. The first-order chi connectivity index (χ1) is 10.3. The number of pyridine rings is 1. The fraction of sp³-hybridized carbons (Fsp3) is 0.571. The topological polar surface area (TPSA) is 90.6 Å². The average Bonchev–Trinajstić information content (AvgIpc) is 2.38. The highest BCUT2D eigenvalue weighted by molar-refractivity contribution is 7.88. The Morgan fingerprint density at radius 2 is 2.05 bits per heavy atom. The highest BCUT2D eigenvalue weighted by Crippen LogP contribution is 2.34. The molecule has 120 valence electrons. The molecule has 0 radical (unpaired) electrons. The number of aromatic nitrogens is 1. The molecule has 0 bridgehead atoms. The maximum Gasteiger partial charge on any atom is 0.260 e. The number of hydrogen-bond acceptors (Lipinski definition) is 4. The molecule has 1 amide bonds. The first-order valence-corrected chi connectivity index (χ1v) is 9.08. The van der Waals surface area contributed by atoms with Crippen molar-refractivity contribution in [3.63, 3.8) is 0 Å². The number of piperidine rings is 1. The second-order valence-corrected chi connectivity index (χ2v) is 8.02. The van der Waals surface area contributed by atoms with E-state index in [1.165, 1.54) is 16.6 Å². The maximum absolute atomic E-state index is 12.5. The van der Waals surface area contributed by atoms with Gasteiger partial charge in [-0.1, -0.05) is 0 Å². The van der Waals surface area contributed by atoms with Gasteiger partial charge in [-0.05, 0) is 31.4 Å². The lowest BCUT2D eigenvalue weighted by Gasteiger charge is -2.51. The fourth-order valence-electron chi connectivity index (χ4n) is 3.22. The molecule has 22 heavy (non-hydrogen) atoms. The number of likely N-dealkylation sites (tertiary alicyclic amines) is 1. The normalized spacial score (nSPS) is 25.5. The Hall–Kier alpha value is -1.67. The summed E-state index contributed by atoms with van der Waals surface area (Å²) in [5, 5.41) is 0. The second kappa shape index (κ2) is 5.20. The van der Waals surface area contributed by atoms with E-state index in [0.717, 1.165) is 6.42 Å². The number of aromatic amines is 1. The Morgan fingerprint density at radius 1 is 1.32 bits per heavy atom. The Kier molecular flexibility index (Phi) is 3.60. The van der Waals surface area contributed by atoms with Crippen molar-refractivity contribution in [1.82, 2.24) is 14.2 Å². The summed E-state index contributed by atoms with van der Waals surface area (Å²) in [6.07, 6.45) is 1.96. The number of H-pyrrole nitrogens is 1. The van der Waals surface area contributed by atoms with Gasteiger partial charge in [-0.3, -0.25) is 9.59 Å². The van der Waals surface area contributed by atoms with Crippen LogP contribution in [0.4, 0.5) is 0 Å². The van der Waals surface area contributed by atoms with E-state index in [9.17, 15) is 18.0 Å². The number of nitrogens with zero attached hydrogens (tertiary/aromatic N) is 2. The summed E-state index contributed by atoms with van der Waals surface area (Å²) in [7, 11) is -3.24. The smallest absolute Gasteiger partial charge is 0.260 e. The number of fused-ring (bicyclic) bond motifs is 1. The molecule has 7 nitrogen and oxygen atoms in total. The third-order valence-electron chi connectivity index (χ3n) is 4.50. The highest BCUT2D eigenvalue weighted by atomic mass is 32.2. The molecule has 1 N–H and O–H groups in total. The number of nitrogens with one attached hydrogen (secondary N) is 1. The van der Waals surface area contributed by atoms with Crippen LogP contribution < -0.4 is 5.56 Å². The monoisotopic (exact) mass is 325 g/mol. The van der Waals surface area contributed by atoms with E-state index in [2.05, 4.69) is 4.98 Å². The van der Waals surface area contributed by atoms with Crippen molar-refractivity contribution in [2.45, 2.75) is 19.4 Å². The number of sulfonamides is 1. The highest BCUT2D eigenvalue weighted by Gasteiger charge is 2.47. The van der Waals surface area contributed by atoms with Gasteiger partial charge < -0.3 is 9.88 Å². The zero-order chi connectivity index (χ0) is 16.1. The lowest BCUT2D eigenvalue weighted by molar-refractivity contribution is 0.0140. The molecule has 0 saturated carbocycles. The summed E-state index contributed by atoms with van der Waals surface area (Å²) in [6, 6.07) is 3.06. The molecule has 0 aliphatic carbocycles.